The molecule has 3 N–H and O–H groups in total. The van der Waals surface area contributed by atoms with Crippen LogP contribution in [0.15, 0.2) is 0 Å². The van der Waals surface area contributed by atoms with E-state index in [4.69, 9.17) is 34.0 Å². The van der Waals surface area contributed by atoms with Crippen LogP contribution in [0.1, 0.15) is 34.9 Å². The lowest BCUT2D eigenvalue weighted by atomic mass is 10.2. The van der Waals surface area contributed by atoms with Crippen LogP contribution in [0, 0.1) is 0 Å². The number of nitrogens with two attached hydrogens (primary N) is 1. The smallest absolute Gasteiger partial charge is 0.356 e. The van der Waals surface area contributed by atoms with Crippen LogP contribution in [0.3, 0.4) is 0 Å². The SMILES string of the molecule is Nc1c(Cl)c(C(=O)O)nc(C2CC2)c1Cl. The van der Waals surface area contributed by atoms with Crippen LogP contribution in [-0.4, -0.2) is 16.1 Å². The van der Waals surface area contributed by atoms with Crippen molar-refractivity contribution < 1.29 is 9.90 Å². The number of aromatic nitrogens is 1. The summed E-state index contributed by atoms with van der Waals surface area (Å²) in [6, 6.07) is 0. The van der Waals surface area contributed by atoms with E-state index in [1.807, 2.05) is 0 Å². The van der Waals surface area contributed by atoms with Crippen molar-refractivity contribution in [2.75, 3.05) is 5.73 Å². The average molecular weight is 247 g/mol. The second-order valence-electron chi connectivity index (χ2n) is 3.47. The highest BCUT2D eigenvalue weighted by Crippen LogP contribution is 2.45. The van der Waals surface area contributed by atoms with E-state index in [0.29, 0.717) is 5.69 Å². The molecule has 0 aromatic carbocycles. The molecule has 0 aliphatic heterocycles. The van der Waals surface area contributed by atoms with Gasteiger partial charge < -0.3 is 10.8 Å². The lowest BCUT2D eigenvalue weighted by Crippen LogP contribution is -2.07. The van der Waals surface area contributed by atoms with Gasteiger partial charge in [0.05, 0.1) is 21.4 Å². The van der Waals surface area contributed by atoms with Crippen LogP contribution >= 0.6 is 23.2 Å². The van der Waals surface area contributed by atoms with Gasteiger partial charge in [-0.25, -0.2) is 9.78 Å². The van der Waals surface area contributed by atoms with E-state index in [1.165, 1.54) is 0 Å². The standard InChI is InChI=1S/C9H8Cl2N2O2/c10-4-6(12)5(11)8(9(14)15)13-7(4)3-1-2-3/h3H,1-2H2,(H2,12,13)(H,14,15). The molecule has 15 heavy (non-hydrogen) atoms. The van der Waals surface area contributed by atoms with Crippen LogP contribution in [0.2, 0.25) is 10.0 Å². The van der Waals surface area contributed by atoms with E-state index in [1.54, 1.807) is 0 Å². The van der Waals surface area contributed by atoms with Crippen molar-refractivity contribution in [3.8, 4) is 0 Å². The summed E-state index contributed by atoms with van der Waals surface area (Å²) in [6.07, 6.45) is 1.93. The van der Waals surface area contributed by atoms with Crippen LogP contribution in [0.5, 0.6) is 0 Å². The van der Waals surface area contributed by atoms with E-state index >= 15 is 0 Å². The van der Waals surface area contributed by atoms with Gasteiger partial charge in [0.25, 0.3) is 0 Å². The van der Waals surface area contributed by atoms with Crippen molar-refractivity contribution in [1.29, 1.82) is 0 Å². The van der Waals surface area contributed by atoms with E-state index in [9.17, 15) is 4.79 Å². The van der Waals surface area contributed by atoms with E-state index in [0.717, 1.165) is 12.8 Å². The number of aromatic carboxylic acids is 1. The van der Waals surface area contributed by atoms with Crippen molar-refractivity contribution in [3.05, 3.63) is 21.4 Å². The first-order valence-electron chi connectivity index (χ1n) is 4.40. The number of hydrogen-bond donors (Lipinski definition) is 2. The highest BCUT2D eigenvalue weighted by Gasteiger charge is 2.31. The molecule has 2 rings (SSSR count). The molecule has 1 saturated carbocycles. The third-order valence-corrected chi connectivity index (χ3v) is 3.08. The summed E-state index contributed by atoms with van der Waals surface area (Å²) >= 11 is 11.7. The summed E-state index contributed by atoms with van der Waals surface area (Å²) in [4.78, 5) is 14.8. The van der Waals surface area contributed by atoms with Gasteiger partial charge in [0.15, 0.2) is 5.69 Å². The summed E-state index contributed by atoms with van der Waals surface area (Å²) in [5.74, 6) is -0.958. The number of carboxylic acids is 1. The zero-order chi connectivity index (χ0) is 11.2. The van der Waals surface area contributed by atoms with E-state index < -0.39 is 5.97 Å². The molecule has 0 bridgehead atoms. The number of carboxylic acid groups (broad SMARTS) is 1. The Morgan fingerprint density at radius 2 is 2.00 bits per heavy atom. The molecule has 0 saturated heterocycles. The number of nitrogen functional groups attached to an aromatic ring is 1. The van der Waals surface area contributed by atoms with Gasteiger partial charge in [0.1, 0.15) is 0 Å². The maximum Gasteiger partial charge on any atom is 0.356 e. The molecule has 1 fully saturated rings. The normalized spacial score (nSPS) is 15.3. The minimum Gasteiger partial charge on any atom is -0.476 e. The molecule has 6 heteroatoms. The number of nitrogens with zero attached hydrogens (tertiary/aromatic N) is 1. The van der Waals surface area contributed by atoms with Crippen LogP contribution in [0.25, 0.3) is 0 Å². The molecular weight excluding hydrogens is 239 g/mol. The Balaban J connectivity index is 2.62. The molecule has 1 aliphatic rings. The van der Waals surface area contributed by atoms with Gasteiger partial charge in [0.2, 0.25) is 0 Å². The Morgan fingerprint density at radius 3 is 2.47 bits per heavy atom. The van der Waals surface area contributed by atoms with Gasteiger partial charge >= 0.3 is 5.97 Å². The van der Waals surface area contributed by atoms with Crippen LogP contribution in [-0.2, 0) is 0 Å². The van der Waals surface area contributed by atoms with Crippen molar-refractivity contribution in [2.45, 2.75) is 18.8 Å². The molecule has 0 radical (unpaired) electrons. The molecule has 1 heterocycles. The maximum absolute atomic E-state index is 10.8. The molecule has 0 unspecified atom stereocenters. The molecule has 80 valence electrons. The minimum absolute atomic E-state index is 0.0862. The fraction of sp³-hybridized carbons (Fsp3) is 0.333. The fourth-order valence-corrected chi connectivity index (χ4v) is 1.91. The van der Waals surface area contributed by atoms with Crippen molar-refractivity contribution in [1.82, 2.24) is 4.98 Å². The van der Waals surface area contributed by atoms with Gasteiger partial charge in [0, 0.05) is 5.92 Å². The van der Waals surface area contributed by atoms with E-state index in [-0.39, 0.29) is 27.3 Å². The minimum atomic E-state index is -1.19. The third kappa shape index (κ3) is 1.75. The van der Waals surface area contributed by atoms with Crippen molar-refractivity contribution in [2.24, 2.45) is 0 Å². The number of halogens is 2. The lowest BCUT2D eigenvalue weighted by molar-refractivity contribution is 0.0690. The summed E-state index contributed by atoms with van der Waals surface area (Å²) in [7, 11) is 0. The Bertz CT molecular complexity index is 444. The topological polar surface area (TPSA) is 76.2 Å². The second-order valence-corrected chi connectivity index (χ2v) is 4.22. The van der Waals surface area contributed by atoms with Gasteiger partial charge in [-0.1, -0.05) is 23.2 Å². The number of carbonyl (C=O) groups is 1. The molecule has 4 nitrogen and oxygen atoms in total. The van der Waals surface area contributed by atoms with Gasteiger partial charge in [-0.15, -0.1) is 0 Å². The fourth-order valence-electron chi connectivity index (χ4n) is 1.35. The third-order valence-electron chi connectivity index (χ3n) is 2.30. The molecule has 1 aromatic heterocycles. The van der Waals surface area contributed by atoms with Crippen molar-refractivity contribution in [3.63, 3.8) is 0 Å². The predicted octanol–water partition coefficient (Wildman–Crippen LogP) is 2.55. The van der Waals surface area contributed by atoms with Gasteiger partial charge in [-0.2, -0.15) is 0 Å². The summed E-state index contributed by atoms with van der Waals surface area (Å²) < 4.78 is 0. The summed E-state index contributed by atoms with van der Waals surface area (Å²) in [6.45, 7) is 0. The van der Waals surface area contributed by atoms with Crippen LogP contribution in [0.4, 0.5) is 5.69 Å². The van der Waals surface area contributed by atoms with Crippen LogP contribution < -0.4 is 5.73 Å². The molecule has 0 spiro atoms. The first kappa shape index (κ1) is 10.5. The molecular formula is C9H8Cl2N2O2. The van der Waals surface area contributed by atoms with Gasteiger partial charge in [-0.3, -0.25) is 0 Å². The number of anilines is 1. The highest BCUT2D eigenvalue weighted by atomic mass is 35.5. The van der Waals surface area contributed by atoms with Crippen molar-refractivity contribution >= 4 is 34.9 Å². The summed E-state index contributed by atoms with van der Waals surface area (Å²) in [5, 5.41) is 9.06. The van der Waals surface area contributed by atoms with Gasteiger partial charge in [-0.05, 0) is 12.8 Å². The first-order valence-corrected chi connectivity index (χ1v) is 5.15. The van der Waals surface area contributed by atoms with E-state index in [2.05, 4.69) is 4.98 Å². The Labute approximate surface area is 96.0 Å². The monoisotopic (exact) mass is 246 g/mol. The molecule has 0 atom stereocenters. The number of hydrogen-bond acceptors (Lipinski definition) is 3. The zero-order valence-corrected chi connectivity index (χ0v) is 9.14. The Morgan fingerprint density at radius 1 is 1.40 bits per heavy atom. The Kier molecular flexibility index (Phi) is 2.48. The second kappa shape index (κ2) is 3.54. The largest absolute Gasteiger partial charge is 0.476 e. The summed E-state index contributed by atoms with van der Waals surface area (Å²) in [5.41, 5.74) is 6.05. The number of pyridine rings is 1. The molecule has 1 aliphatic carbocycles. The maximum atomic E-state index is 10.8. The quantitative estimate of drug-likeness (QED) is 0.841. The molecule has 1 aromatic rings. The lowest BCUT2D eigenvalue weighted by Gasteiger charge is -2.08. The predicted molar refractivity (Wildman–Crippen MR) is 57.6 cm³/mol. The molecule has 0 amide bonds. The Hall–Kier alpha value is -1.00. The first-order chi connectivity index (χ1) is 7.02. The number of rotatable bonds is 2. The zero-order valence-electron chi connectivity index (χ0n) is 7.63. The average Bonchev–Trinajstić information content (AvgIpc) is 2.97. The highest BCUT2D eigenvalue weighted by molar-refractivity contribution is 6.40.